The quantitative estimate of drug-likeness (QED) is 0.203. The highest BCUT2D eigenvalue weighted by Crippen LogP contribution is 2.40. The highest BCUT2D eigenvalue weighted by molar-refractivity contribution is 5.91. The Morgan fingerprint density at radius 1 is 0.970 bits per heavy atom. The first-order valence-electron chi connectivity index (χ1n) is 11.5. The van der Waals surface area contributed by atoms with Gasteiger partial charge < -0.3 is 19.7 Å². The Morgan fingerprint density at radius 3 is 2.00 bits per heavy atom. The molecule has 0 saturated carbocycles. The molecule has 1 unspecified atom stereocenters. The third-order valence-electron chi connectivity index (χ3n) is 5.44. The Balaban J connectivity index is 2.09. The van der Waals surface area contributed by atoms with E-state index >= 15 is 0 Å². The number of esters is 1. The molecule has 0 aliphatic carbocycles. The first kappa shape index (κ1) is 26.5. The van der Waals surface area contributed by atoms with Crippen molar-refractivity contribution in [3.8, 4) is 5.75 Å². The molecule has 0 aliphatic rings. The van der Waals surface area contributed by atoms with Gasteiger partial charge in [0.2, 0.25) is 5.76 Å². The topological polar surface area (TPSA) is 76.0 Å². The number of phenolic OH excluding ortho intramolecular Hbond substituents is 1. The summed E-state index contributed by atoms with van der Waals surface area (Å²) in [5.74, 6) is -1.06. The molecule has 1 atom stereocenters. The molecule has 2 aromatic carbocycles. The van der Waals surface area contributed by atoms with E-state index in [9.17, 15) is 15.0 Å². The van der Waals surface area contributed by atoms with Crippen LogP contribution in [-0.2, 0) is 25.1 Å². The van der Waals surface area contributed by atoms with E-state index in [-0.39, 0.29) is 35.9 Å². The summed E-state index contributed by atoms with van der Waals surface area (Å²) in [5, 5.41) is 21.2. The van der Waals surface area contributed by atoms with Crippen LogP contribution in [0.25, 0.3) is 6.08 Å². The highest BCUT2D eigenvalue weighted by atomic mass is 16.6. The summed E-state index contributed by atoms with van der Waals surface area (Å²) in [7, 11) is 0. The van der Waals surface area contributed by atoms with Gasteiger partial charge in [0, 0.05) is 11.1 Å². The van der Waals surface area contributed by atoms with Gasteiger partial charge in [0.1, 0.15) is 12.4 Å². The van der Waals surface area contributed by atoms with E-state index in [1.165, 1.54) is 6.08 Å². The van der Waals surface area contributed by atoms with Crippen molar-refractivity contribution in [1.82, 2.24) is 0 Å². The molecule has 2 rings (SSSR count). The number of aromatic hydroxyl groups is 1. The number of rotatable bonds is 8. The van der Waals surface area contributed by atoms with Gasteiger partial charge in [-0.05, 0) is 46.6 Å². The molecule has 5 heteroatoms. The van der Waals surface area contributed by atoms with Gasteiger partial charge in [-0.2, -0.15) is 0 Å². The molecule has 0 aromatic heterocycles. The van der Waals surface area contributed by atoms with Gasteiger partial charge in [0.05, 0.1) is 12.7 Å². The van der Waals surface area contributed by atoms with Crippen LogP contribution in [0.3, 0.4) is 0 Å². The minimum absolute atomic E-state index is 0.0378. The summed E-state index contributed by atoms with van der Waals surface area (Å²) >= 11 is 0. The van der Waals surface area contributed by atoms with E-state index in [0.29, 0.717) is 5.56 Å². The smallest absolute Gasteiger partial charge is 0.373 e. The molecule has 5 nitrogen and oxygen atoms in total. The molecule has 0 heterocycles. The SMILES string of the molecule is CCC(OCCOC(=O)C(O)=Cc1cc(C(C)(C)C)c(O)c(C(C)(C)C)c1)c1ccccc1. The maximum Gasteiger partial charge on any atom is 0.373 e. The zero-order valence-electron chi connectivity index (χ0n) is 20.9. The van der Waals surface area contributed by atoms with E-state index in [1.807, 2.05) is 78.8 Å². The number of ether oxygens (including phenoxy) is 2. The van der Waals surface area contributed by atoms with Crippen molar-refractivity contribution in [2.24, 2.45) is 0 Å². The van der Waals surface area contributed by atoms with E-state index in [4.69, 9.17) is 9.47 Å². The molecule has 0 aliphatic heterocycles. The molecule has 2 aromatic rings. The molecular formula is C28H38O5. The van der Waals surface area contributed by atoms with Crippen LogP contribution >= 0.6 is 0 Å². The number of aliphatic hydroxyl groups is 1. The lowest BCUT2D eigenvalue weighted by molar-refractivity contribution is -0.144. The lowest BCUT2D eigenvalue weighted by atomic mass is 9.78. The molecule has 33 heavy (non-hydrogen) atoms. The Labute approximate surface area is 198 Å². The van der Waals surface area contributed by atoms with Crippen LogP contribution in [0.5, 0.6) is 5.75 Å². The van der Waals surface area contributed by atoms with Gasteiger partial charge >= 0.3 is 5.97 Å². The fraction of sp³-hybridized carbons (Fsp3) is 0.464. The molecule has 0 amide bonds. The van der Waals surface area contributed by atoms with Crippen molar-refractivity contribution in [3.63, 3.8) is 0 Å². The van der Waals surface area contributed by atoms with E-state index in [2.05, 4.69) is 0 Å². The van der Waals surface area contributed by atoms with Crippen LogP contribution in [0.1, 0.15) is 83.2 Å². The normalized spacial score (nSPS) is 13.6. The Bertz CT molecular complexity index is 927. The number of carbonyl (C=O) groups excluding carboxylic acids is 1. The summed E-state index contributed by atoms with van der Waals surface area (Å²) in [5.41, 5.74) is 2.59. The molecule has 0 bridgehead atoms. The second-order valence-corrected chi connectivity index (χ2v) is 10.3. The zero-order valence-corrected chi connectivity index (χ0v) is 20.9. The number of phenols is 1. The molecular weight excluding hydrogens is 416 g/mol. The van der Waals surface area contributed by atoms with Gasteiger partial charge in [0.15, 0.2) is 0 Å². The third kappa shape index (κ3) is 7.36. The van der Waals surface area contributed by atoms with E-state index in [1.54, 1.807) is 12.1 Å². The summed E-state index contributed by atoms with van der Waals surface area (Å²) in [4.78, 5) is 12.3. The van der Waals surface area contributed by atoms with Crippen molar-refractivity contribution in [2.45, 2.75) is 71.8 Å². The molecule has 0 radical (unpaired) electrons. The molecule has 0 saturated heterocycles. The largest absolute Gasteiger partial charge is 0.507 e. The number of aliphatic hydroxyl groups excluding tert-OH is 1. The monoisotopic (exact) mass is 454 g/mol. The summed E-state index contributed by atoms with van der Waals surface area (Å²) in [6, 6.07) is 13.5. The van der Waals surface area contributed by atoms with Crippen LogP contribution in [0, 0.1) is 0 Å². The van der Waals surface area contributed by atoms with Crippen molar-refractivity contribution in [1.29, 1.82) is 0 Å². The molecule has 0 spiro atoms. The Kier molecular flexibility index (Phi) is 8.73. The van der Waals surface area contributed by atoms with Crippen LogP contribution in [0.15, 0.2) is 48.2 Å². The summed E-state index contributed by atoms with van der Waals surface area (Å²) in [6.45, 7) is 14.4. The average molecular weight is 455 g/mol. The molecule has 0 fully saturated rings. The lowest BCUT2D eigenvalue weighted by Gasteiger charge is -2.27. The van der Waals surface area contributed by atoms with Gasteiger partial charge in [-0.25, -0.2) is 4.79 Å². The average Bonchev–Trinajstić information content (AvgIpc) is 2.73. The standard InChI is InChI=1S/C28H38O5/c1-8-24(20-12-10-9-11-13-20)32-14-15-33-26(31)23(29)18-19-16-21(27(2,3)4)25(30)22(17-19)28(5,6)7/h9-13,16-18,24,29-30H,8,14-15H2,1-7H3. The summed E-state index contributed by atoms with van der Waals surface area (Å²) in [6.07, 6.45) is 2.11. The van der Waals surface area contributed by atoms with Gasteiger partial charge in [-0.1, -0.05) is 78.8 Å². The van der Waals surface area contributed by atoms with Crippen LogP contribution in [0.2, 0.25) is 0 Å². The Morgan fingerprint density at radius 2 is 1.52 bits per heavy atom. The lowest BCUT2D eigenvalue weighted by Crippen LogP contribution is -2.17. The predicted octanol–water partition coefficient (Wildman–Crippen LogP) is 6.60. The van der Waals surface area contributed by atoms with Gasteiger partial charge in [0.25, 0.3) is 0 Å². The summed E-state index contributed by atoms with van der Waals surface area (Å²) < 4.78 is 11.0. The van der Waals surface area contributed by atoms with Crippen molar-refractivity contribution < 1.29 is 24.5 Å². The van der Waals surface area contributed by atoms with Crippen LogP contribution < -0.4 is 0 Å². The minimum atomic E-state index is -0.811. The fourth-order valence-electron chi connectivity index (χ4n) is 3.62. The van der Waals surface area contributed by atoms with Gasteiger partial charge in [-0.3, -0.25) is 0 Å². The molecule has 2 N–H and O–H groups in total. The minimum Gasteiger partial charge on any atom is -0.507 e. The van der Waals surface area contributed by atoms with Crippen molar-refractivity contribution in [3.05, 3.63) is 70.5 Å². The number of carbonyl (C=O) groups is 1. The second kappa shape index (κ2) is 10.9. The second-order valence-electron chi connectivity index (χ2n) is 10.3. The van der Waals surface area contributed by atoms with Crippen LogP contribution in [0.4, 0.5) is 0 Å². The van der Waals surface area contributed by atoms with Gasteiger partial charge in [-0.15, -0.1) is 0 Å². The van der Waals surface area contributed by atoms with Crippen molar-refractivity contribution in [2.75, 3.05) is 13.2 Å². The van der Waals surface area contributed by atoms with E-state index in [0.717, 1.165) is 23.1 Å². The van der Waals surface area contributed by atoms with Crippen LogP contribution in [-0.4, -0.2) is 29.4 Å². The fourth-order valence-corrected chi connectivity index (χ4v) is 3.62. The number of benzene rings is 2. The maximum atomic E-state index is 12.3. The highest BCUT2D eigenvalue weighted by Gasteiger charge is 2.26. The third-order valence-corrected chi connectivity index (χ3v) is 5.44. The number of hydrogen-bond donors (Lipinski definition) is 2. The number of hydrogen-bond acceptors (Lipinski definition) is 5. The first-order chi connectivity index (χ1) is 15.3. The predicted molar refractivity (Wildman–Crippen MR) is 132 cm³/mol. The van der Waals surface area contributed by atoms with E-state index < -0.39 is 11.7 Å². The maximum absolute atomic E-state index is 12.3. The zero-order chi connectivity index (χ0) is 24.8. The van der Waals surface area contributed by atoms with Crippen molar-refractivity contribution >= 4 is 12.0 Å². The Hall–Kier alpha value is -2.79. The first-order valence-corrected chi connectivity index (χ1v) is 11.5. The molecule has 180 valence electrons.